The highest BCUT2D eigenvalue weighted by atomic mass is 16.2. The van der Waals surface area contributed by atoms with Crippen molar-refractivity contribution in [1.29, 1.82) is 0 Å². The third kappa shape index (κ3) is 2.52. The lowest BCUT2D eigenvalue weighted by Gasteiger charge is -2.61. The van der Waals surface area contributed by atoms with Crippen LogP contribution in [0.15, 0.2) is 24.5 Å². The van der Waals surface area contributed by atoms with E-state index in [1.165, 1.54) is 57.2 Å². The number of pyridine rings is 1. The fraction of sp³-hybridized carbons (Fsp3) is 0.727. The molecule has 1 amide bonds. The summed E-state index contributed by atoms with van der Waals surface area (Å²) in [4.78, 5) is 22.6. The van der Waals surface area contributed by atoms with Gasteiger partial charge >= 0.3 is 0 Å². The van der Waals surface area contributed by atoms with Gasteiger partial charge in [-0.05, 0) is 56.2 Å². The number of carbonyl (C=O) groups is 1. The van der Waals surface area contributed by atoms with Crippen molar-refractivity contribution in [2.24, 2.45) is 5.41 Å². The van der Waals surface area contributed by atoms with E-state index < -0.39 is 0 Å². The molecule has 5 rings (SSSR count). The molecule has 3 heterocycles. The smallest absolute Gasteiger partial charge is 0.232 e. The van der Waals surface area contributed by atoms with Gasteiger partial charge in [-0.15, -0.1) is 0 Å². The van der Waals surface area contributed by atoms with Crippen LogP contribution in [-0.2, 0) is 4.79 Å². The molecular weight excluding hydrogens is 322 g/mol. The number of hydrogen-bond acceptors (Lipinski definition) is 3. The summed E-state index contributed by atoms with van der Waals surface area (Å²) in [6, 6.07) is 5.85. The van der Waals surface area contributed by atoms with E-state index in [4.69, 9.17) is 0 Å². The van der Waals surface area contributed by atoms with Gasteiger partial charge in [-0.3, -0.25) is 9.78 Å². The van der Waals surface area contributed by atoms with Crippen LogP contribution in [0.3, 0.4) is 0 Å². The second-order valence-electron chi connectivity index (χ2n) is 8.96. The molecule has 2 aliphatic heterocycles. The zero-order valence-electron chi connectivity index (χ0n) is 15.8. The Bertz CT molecular complexity index is 643. The van der Waals surface area contributed by atoms with Gasteiger partial charge < -0.3 is 9.80 Å². The zero-order chi connectivity index (χ0) is 17.6. The quantitative estimate of drug-likeness (QED) is 0.773. The second kappa shape index (κ2) is 6.63. The maximum atomic E-state index is 13.4. The predicted octanol–water partition coefficient (Wildman–Crippen LogP) is 3.93. The van der Waals surface area contributed by atoms with Crippen molar-refractivity contribution in [3.8, 4) is 0 Å². The van der Waals surface area contributed by atoms with Gasteiger partial charge in [0.2, 0.25) is 5.91 Å². The number of nitrogens with zero attached hydrogens (tertiary/aromatic N) is 3. The number of piperidine rings is 1. The van der Waals surface area contributed by atoms with Crippen molar-refractivity contribution in [2.45, 2.75) is 82.3 Å². The number of likely N-dealkylation sites (tertiary alicyclic amines) is 2. The molecule has 0 N–H and O–H groups in total. The average molecular weight is 354 g/mol. The Labute approximate surface area is 157 Å². The molecule has 140 valence electrons. The van der Waals surface area contributed by atoms with Gasteiger partial charge in [0.1, 0.15) is 0 Å². The predicted molar refractivity (Wildman–Crippen MR) is 102 cm³/mol. The number of rotatable bonds is 3. The molecule has 1 aromatic rings. The Balaban J connectivity index is 1.36. The van der Waals surface area contributed by atoms with Gasteiger partial charge in [0, 0.05) is 37.6 Å². The lowest BCUT2D eigenvalue weighted by atomic mass is 9.59. The highest BCUT2D eigenvalue weighted by Crippen LogP contribution is 2.59. The minimum absolute atomic E-state index is 0.106. The average Bonchev–Trinajstić information content (AvgIpc) is 2.66. The van der Waals surface area contributed by atoms with Crippen LogP contribution in [0.4, 0.5) is 0 Å². The van der Waals surface area contributed by atoms with Gasteiger partial charge in [0.05, 0.1) is 11.5 Å². The Kier molecular flexibility index (Phi) is 4.27. The van der Waals surface area contributed by atoms with E-state index in [1.54, 1.807) is 0 Å². The van der Waals surface area contributed by atoms with Crippen molar-refractivity contribution in [3.63, 3.8) is 0 Å². The van der Waals surface area contributed by atoms with E-state index >= 15 is 0 Å². The molecule has 1 atom stereocenters. The lowest BCUT2D eigenvalue weighted by Crippen LogP contribution is -2.68. The first-order valence-corrected chi connectivity index (χ1v) is 10.8. The van der Waals surface area contributed by atoms with E-state index in [0.29, 0.717) is 18.0 Å². The molecule has 2 saturated carbocycles. The molecule has 1 spiro atoms. The molecule has 2 aliphatic carbocycles. The monoisotopic (exact) mass is 353 g/mol. The second-order valence-corrected chi connectivity index (χ2v) is 8.96. The molecule has 2 saturated heterocycles. The fourth-order valence-electron chi connectivity index (χ4n) is 6.04. The van der Waals surface area contributed by atoms with Crippen LogP contribution in [0.1, 0.15) is 75.8 Å². The van der Waals surface area contributed by atoms with Crippen LogP contribution in [0.2, 0.25) is 0 Å². The summed E-state index contributed by atoms with van der Waals surface area (Å²) in [5.41, 5.74) is 1.20. The Hall–Kier alpha value is -1.42. The summed E-state index contributed by atoms with van der Waals surface area (Å²) in [5.74, 6) is 0.459. The standard InChI is InChI=1S/C22H31N3O/c26-21-22(11-2-1-3-12-22)20(17-7-13-23-14-8-17)25(21)19-9-15-24(16-10-19)18-5-4-6-18/h7-8,13-14,18-20H,1-6,9-12,15-16H2. The minimum atomic E-state index is -0.106. The Morgan fingerprint density at radius 1 is 0.885 bits per heavy atom. The first-order valence-electron chi connectivity index (χ1n) is 10.8. The van der Waals surface area contributed by atoms with Crippen molar-refractivity contribution in [1.82, 2.24) is 14.8 Å². The largest absolute Gasteiger partial charge is 0.331 e. The molecule has 4 aliphatic rings. The van der Waals surface area contributed by atoms with E-state index in [2.05, 4.69) is 26.9 Å². The molecule has 0 radical (unpaired) electrons. The van der Waals surface area contributed by atoms with Crippen LogP contribution < -0.4 is 0 Å². The molecule has 0 bridgehead atoms. The third-order valence-corrected chi connectivity index (χ3v) is 7.71. The van der Waals surface area contributed by atoms with Gasteiger partial charge in [-0.25, -0.2) is 0 Å². The number of amides is 1. The summed E-state index contributed by atoms with van der Waals surface area (Å²) in [5, 5.41) is 0. The van der Waals surface area contributed by atoms with Gasteiger partial charge in [0.25, 0.3) is 0 Å². The summed E-state index contributed by atoms with van der Waals surface area (Å²) < 4.78 is 0. The normalized spacial score (nSPS) is 30.2. The summed E-state index contributed by atoms with van der Waals surface area (Å²) in [7, 11) is 0. The van der Waals surface area contributed by atoms with E-state index in [9.17, 15) is 4.79 Å². The molecule has 4 heteroatoms. The Morgan fingerprint density at radius 3 is 2.19 bits per heavy atom. The first-order chi connectivity index (χ1) is 12.8. The van der Waals surface area contributed by atoms with Crippen LogP contribution in [0, 0.1) is 5.41 Å². The summed E-state index contributed by atoms with van der Waals surface area (Å²) in [6.07, 6.45) is 16.1. The number of hydrogen-bond donors (Lipinski definition) is 0. The highest BCUT2D eigenvalue weighted by Gasteiger charge is 2.62. The minimum Gasteiger partial charge on any atom is -0.331 e. The molecular formula is C22H31N3O. The molecule has 4 nitrogen and oxygen atoms in total. The molecule has 1 unspecified atom stereocenters. The Morgan fingerprint density at radius 2 is 1.58 bits per heavy atom. The first kappa shape index (κ1) is 16.7. The van der Waals surface area contributed by atoms with Crippen LogP contribution in [-0.4, -0.2) is 45.9 Å². The van der Waals surface area contributed by atoms with Gasteiger partial charge in [-0.1, -0.05) is 25.7 Å². The maximum absolute atomic E-state index is 13.4. The van der Waals surface area contributed by atoms with E-state index in [0.717, 1.165) is 31.7 Å². The number of aromatic nitrogens is 1. The SMILES string of the molecule is O=C1N(C2CCN(C3CCC3)CC2)C(c2ccncc2)C12CCCCC2. The fourth-order valence-corrected chi connectivity index (χ4v) is 6.04. The van der Waals surface area contributed by atoms with Crippen LogP contribution in [0.25, 0.3) is 0 Å². The van der Waals surface area contributed by atoms with Crippen LogP contribution in [0.5, 0.6) is 0 Å². The maximum Gasteiger partial charge on any atom is 0.232 e. The molecule has 0 aromatic carbocycles. The number of β-lactam (4-membered cyclic amide) rings is 1. The van der Waals surface area contributed by atoms with Crippen molar-refractivity contribution in [2.75, 3.05) is 13.1 Å². The van der Waals surface area contributed by atoms with Crippen molar-refractivity contribution < 1.29 is 4.79 Å². The molecule has 26 heavy (non-hydrogen) atoms. The lowest BCUT2D eigenvalue weighted by molar-refractivity contribution is -0.187. The summed E-state index contributed by atoms with van der Waals surface area (Å²) in [6.45, 7) is 2.35. The van der Waals surface area contributed by atoms with Crippen molar-refractivity contribution in [3.05, 3.63) is 30.1 Å². The molecule has 1 aromatic heterocycles. The van der Waals surface area contributed by atoms with Crippen LogP contribution >= 0.6 is 0 Å². The van der Waals surface area contributed by atoms with E-state index in [1.807, 2.05) is 12.4 Å². The topological polar surface area (TPSA) is 36.4 Å². The third-order valence-electron chi connectivity index (χ3n) is 7.71. The van der Waals surface area contributed by atoms with Gasteiger partial charge in [-0.2, -0.15) is 0 Å². The molecule has 4 fully saturated rings. The van der Waals surface area contributed by atoms with Gasteiger partial charge in [0.15, 0.2) is 0 Å². The van der Waals surface area contributed by atoms with Crippen molar-refractivity contribution >= 4 is 5.91 Å². The highest BCUT2D eigenvalue weighted by molar-refractivity contribution is 5.91. The zero-order valence-corrected chi connectivity index (χ0v) is 15.8. The van der Waals surface area contributed by atoms with E-state index in [-0.39, 0.29) is 5.41 Å². The summed E-state index contributed by atoms with van der Waals surface area (Å²) >= 11 is 0. The number of carbonyl (C=O) groups excluding carboxylic acids is 1.